The van der Waals surface area contributed by atoms with Gasteiger partial charge in [-0.15, -0.1) is 0 Å². The molecule has 0 aliphatic heterocycles. The number of rotatable bonds is 3. The van der Waals surface area contributed by atoms with Crippen LogP contribution in [0.1, 0.15) is 16.8 Å². The molecule has 90 valence electrons. The van der Waals surface area contributed by atoms with Crippen LogP contribution in [0.2, 0.25) is 0 Å². The summed E-state index contributed by atoms with van der Waals surface area (Å²) in [5.74, 6) is 0. The van der Waals surface area contributed by atoms with Gasteiger partial charge in [0, 0.05) is 25.0 Å². The second-order valence-corrected chi connectivity index (χ2v) is 3.85. The first kappa shape index (κ1) is 12.0. The van der Waals surface area contributed by atoms with Crippen LogP contribution in [0.5, 0.6) is 0 Å². The number of isocyanates is 1. The van der Waals surface area contributed by atoms with Crippen molar-refractivity contribution >= 4 is 17.9 Å². The number of aromatic nitrogens is 3. The molecule has 0 fully saturated rings. The molecule has 0 bridgehead atoms. The van der Waals surface area contributed by atoms with Crippen LogP contribution in [-0.2, 0) is 11.8 Å². The lowest BCUT2D eigenvalue weighted by Crippen LogP contribution is -1.90. The van der Waals surface area contributed by atoms with Crippen molar-refractivity contribution in [3.8, 4) is 0 Å². The largest absolute Gasteiger partial charge is 0.275 e. The molecule has 0 aliphatic carbocycles. The number of pyridine rings is 1. The summed E-state index contributed by atoms with van der Waals surface area (Å²) in [6.07, 6.45) is 8.51. The topological polar surface area (TPSA) is 60.1 Å². The minimum Gasteiger partial charge on any atom is -0.275 e. The average Bonchev–Trinajstić information content (AvgIpc) is 2.75. The molecular formula is C13H12N4O. The second kappa shape index (κ2) is 5.21. The molecular weight excluding hydrogens is 228 g/mol. The predicted octanol–water partition coefficient (Wildman–Crippen LogP) is 1.96. The molecule has 0 saturated heterocycles. The van der Waals surface area contributed by atoms with Crippen LogP contribution in [-0.4, -0.2) is 20.8 Å². The molecule has 2 aromatic rings. The van der Waals surface area contributed by atoms with E-state index in [0.29, 0.717) is 11.4 Å². The molecule has 2 rings (SSSR count). The number of carbonyl (C=O) groups excluding carboxylic acids is 1. The summed E-state index contributed by atoms with van der Waals surface area (Å²) in [6.45, 7) is 1.92. The number of nitrogens with zero attached hydrogens (tertiary/aromatic N) is 4. The van der Waals surface area contributed by atoms with Gasteiger partial charge < -0.3 is 0 Å². The molecule has 18 heavy (non-hydrogen) atoms. The van der Waals surface area contributed by atoms with Crippen molar-refractivity contribution in [2.45, 2.75) is 6.92 Å². The summed E-state index contributed by atoms with van der Waals surface area (Å²) >= 11 is 0. The molecule has 0 unspecified atom stereocenters. The molecule has 0 atom stereocenters. The summed E-state index contributed by atoms with van der Waals surface area (Å²) < 4.78 is 1.68. The quantitative estimate of drug-likeness (QED) is 0.608. The maximum absolute atomic E-state index is 10.5. The van der Waals surface area contributed by atoms with Crippen molar-refractivity contribution < 1.29 is 4.79 Å². The van der Waals surface area contributed by atoms with Gasteiger partial charge in [-0.2, -0.15) is 10.1 Å². The van der Waals surface area contributed by atoms with Crippen LogP contribution in [0.15, 0.2) is 35.7 Å². The normalized spacial score (nSPS) is 11.1. The molecule has 0 spiro atoms. The fourth-order valence-corrected chi connectivity index (χ4v) is 1.63. The van der Waals surface area contributed by atoms with Crippen molar-refractivity contribution in [1.82, 2.24) is 14.8 Å². The van der Waals surface area contributed by atoms with E-state index in [1.807, 2.05) is 32.3 Å². The van der Waals surface area contributed by atoms with Crippen molar-refractivity contribution in [2.24, 2.45) is 12.0 Å². The van der Waals surface area contributed by atoms with Crippen molar-refractivity contribution in [1.29, 1.82) is 0 Å². The van der Waals surface area contributed by atoms with E-state index in [1.54, 1.807) is 29.2 Å². The maximum atomic E-state index is 10.5. The number of hydrogen-bond donors (Lipinski definition) is 0. The van der Waals surface area contributed by atoms with E-state index >= 15 is 0 Å². The smallest absolute Gasteiger partial charge is 0.240 e. The van der Waals surface area contributed by atoms with Gasteiger partial charge in [0.25, 0.3) is 0 Å². The third kappa shape index (κ3) is 2.59. The lowest BCUT2D eigenvalue weighted by atomic mass is 10.1. The highest BCUT2D eigenvalue weighted by Crippen LogP contribution is 2.19. The first-order valence-corrected chi connectivity index (χ1v) is 5.41. The molecule has 0 aliphatic rings. The Morgan fingerprint density at radius 3 is 3.00 bits per heavy atom. The van der Waals surface area contributed by atoms with Gasteiger partial charge >= 0.3 is 0 Å². The van der Waals surface area contributed by atoms with Gasteiger partial charge in [0.1, 0.15) is 5.70 Å². The fraction of sp³-hybridized carbons (Fsp3) is 0.154. The van der Waals surface area contributed by atoms with Gasteiger partial charge in [-0.05, 0) is 24.6 Å². The zero-order chi connectivity index (χ0) is 13.0. The highest BCUT2D eigenvalue weighted by atomic mass is 16.1. The summed E-state index contributed by atoms with van der Waals surface area (Å²) in [7, 11) is 1.83. The summed E-state index contributed by atoms with van der Waals surface area (Å²) in [6, 6.07) is 3.75. The zero-order valence-corrected chi connectivity index (χ0v) is 10.2. The van der Waals surface area contributed by atoms with Crippen LogP contribution < -0.4 is 0 Å². The third-order valence-electron chi connectivity index (χ3n) is 2.45. The molecule has 0 N–H and O–H groups in total. The van der Waals surface area contributed by atoms with E-state index in [4.69, 9.17) is 0 Å². The van der Waals surface area contributed by atoms with Crippen molar-refractivity contribution in [3.63, 3.8) is 0 Å². The number of aliphatic imine (C=N–C) groups is 1. The Labute approximate surface area is 105 Å². The molecule has 0 amide bonds. The highest BCUT2D eigenvalue weighted by Gasteiger charge is 2.06. The number of aryl methyl sites for hydroxylation is 2. The SMILES string of the molecule is Cc1cccnc1C(=Cc1cnn(C)c1)N=C=O. The summed E-state index contributed by atoms with van der Waals surface area (Å²) in [5.41, 5.74) is 2.96. The Bertz CT molecular complexity index is 636. The van der Waals surface area contributed by atoms with Crippen LogP contribution in [0.3, 0.4) is 0 Å². The van der Waals surface area contributed by atoms with Gasteiger partial charge in [-0.1, -0.05) is 6.07 Å². The Hall–Kier alpha value is -2.52. The standard InChI is InChI=1S/C13H12N4O/c1-10-4-3-5-14-13(10)12(15-9-18)6-11-7-16-17(2)8-11/h3-8H,1-2H3. The van der Waals surface area contributed by atoms with Crippen molar-refractivity contribution in [3.05, 3.63) is 47.5 Å². The van der Waals surface area contributed by atoms with Gasteiger partial charge in [-0.3, -0.25) is 9.67 Å². The zero-order valence-electron chi connectivity index (χ0n) is 10.2. The first-order valence-electron chi connectivity index (χ1n) is 5.41. The van der Waals surface area contributed by atoms with Gasteiger partial charge in [0.15, 0.2) is 0 Å². The molecule has 2 aromatic heterocycles. The predicted molar refractivity (Wildman–Crippen MR) is 68.2 cm³/mol. The van der Waals surface area contributed by atoms with E-state index in [9.17, 15) is 4.79 Å². The van der Waals surface area contributed by atoms with Gasteiger partial charge in [-0.25, -0.2) is 4.79 Å². The minimum absolute atomic E-state index is 0.483. The molecule has 0 aromatic carbocycles. The first-order chi connectivity index (χ1) is 8.70. The average molecular weight is 240 g/mol. The maximum Gasteiger partial charge on any atom is 0.240 e. The molecule has 0 radical (unpaired) electrons. The lowest BCUT2D eigenvalue weighted by Gasteiger charge is -2.02. The Balaban J connectivity index is 2.50. The van der Waals surface area contributed by atoms with E-state index in [1.165, 1.54) is 0 Å². The van der Waals surface area contributed by atoms with Crippen LogP contribution >= 0.6 is 0 Å². The fourth-order valence-electron chi connectivity index (χ4n) is 1.63. The molecule has 5 heteroatoms. The lowest BCUT2D eigenvalue weighted by molar-refractivity contribution is 0.565. The third-order valence-corrected chi connectivity index (χ3v) is 2.45. The van der Waals surface area contributed by atoms with Crippen LogP contribution in [0, 0.1) is 6.92 Å². The molecule has 5 nitrogen and oxygen atoms in total. The van der Waals surface area contributed by atoms with E-state index < -0.39 is 0 Å². The minimum atomic E-state index is 0.483. The number of hydrogen-bond acceptors (Lipinski definition) is 4. The second-order valence-electron chi connectivity index (χ2n) is 3.85. The van der Waals surface area contributed by atoms with E-state index in [0.717, 1.165) is 11.1 Å². The monoisotopic (exact) mass is 240 g/mol. The van der Waals surface area contributed by atoms with Gasteiger partial charge in [0.05, 0.1) is 11.9 Å². The van der Waals surface area contributed by atoms with E-state index in [-0.39, 0.29) is 0 Å². The molecule has 0 saturated carbocycles. The van der Waals surface area contributed by atoms with Gasteiger partial charge in [0.2, 0.25) is 6.08 Å². The highest BCUT2D eigenvalue weighted by molar-refractivity contribution is 5.82. The Kier molecular flexibility index (Phi) is 3.46. The van der Waals surface area contributed by atoms with Crippen LogP contribution in [0.4, 0.5) is 0 Å². The Morgan fingerprint density at radius 1 is 1.56 bits per heavy atom. The van der Waals surface area contributed by atoms with E-state index in [2.05, 4.69) is 15.1 Å². The summed E-state index contributed by atoms with van der Waals surface area (Å²) in [4.78, 5) is 18.5. The van der Waals surface area contributed by atoms with Crippen LogP contribution in [0.25, 0.3) is 11.8 Å². The summed E-state index contributed by atoms with van der Waals surface area (Å²) in [5, 5.41) is 4.06. The Morgan fingerprint density at radius 2 is 2.39 bits per heavy atom. The van der Waals surface area contributed by atoms with Crippen molar-refractivity contribution in [2.75, 3.05) is 0 Å². The molecule has 2 heterocycles.